The standard InChI is InChI=1S/C21H17Cl2FN2O2S2/c1-12(16-7-4-14(22)11-17(16)23)25-19(27)8-9-26-20(28)18(30-21(26)29)10-13-2-5-15(24)6-3-13/h2-7,10-12H,8-9H2,1H3,(H,25,27)/b18-10-. The van der Waals surface area contributed by atoms with Crippen molar-refractivity contribution in [3.8, 4) is 0 Å². The Morgan fingerprint density at radius 3 is 2.63 bits per heavy atom. The topological polar surface area (TPSA) is 49.4 Å². The van der Waals surface area contributed by atoms with Gasteiger partial charge in [-0.25, -0.2) is 4.39 Å². The van der Waals surface area contributed by atoms with Crippen LogP contribution >= 0.6 is 47.2 Å². The molecule has 1 aliphatic rings. The van der Waals surface area contributed by atoms with Gasteiger partial charge in [-0.15, -0.1) is 0 Å². The summed E-state index contributed by atoms with van der Waals surface area (Å²) in [6, 6.07) is 10.6. The maximum absolute atomic E-state index is 13.0. The Kier molecular flexibility index (Phi) is 7.52. The third-order valence-corrected chi connectivity index (χ3v) is 6.35. The van der Waals surface area contributed by atoms with Crippen molar-refractivity contribution in [2.75, 3.05) is 6.54 Å². The molecule has 0 saturated carbocycles. The highest BCUT2D eigenvalue weighted by molar-refractivity contribution is 8.26. The second-order valence-electron chi connectivity index (χ2n) is 6.59. The lowest BCUT2D eigenvalue weighted by molar-refractivity contribution is -0.124. The van der Waals surface area contributed by atoms with Crippen molar-refractivity contribution < 1.29 is 14.0 Å². The molecular weight excluding hydrogens is 466 g/mol. The Bertz CT molecular complexity index is 1030. The molecule has 0 radical (unpaired) electrons. The van der Waals surface area contributed by atoms with Gasteiger partial charge in [0.25, 0.3) is 5.91 Å². The van der Waals surface area contributed by atoms with Crippen LogP contribution in [0, 0.1) is 5.82 Å². The first-order chi connectivity index (χ1) is 14.2. The molecule has 1 unspecified atom stereocenters. The zero-order chi connectivity index (χ0) is 21.8. The minimum atomic E-state index is -0.347. The van der Waals surface area contributed by atoms with E-state index in [0.29, 0.717) is 24.8 Å². The molecule has 9 heteroatoms. The second kappa shape index (κ2) is 9.92. The quantitative estimate of drug-likeness (QED) is 0.429. The summed E-state index contributed by atoms with van der Waals surface area (Å²) in [5, 5.41) is 3.85. The molecular formula is C21H17Cl2FN2O2S2. The van der Waals surface area contributed by atoms with Crippen molar-refractivity contribution in [2.45, 2.75) is 19.4 Å². The van der Waals surface area contributed by atoms with Gasteiger partial charge in [-0.3, -0.25) is 14.5 Å². The van der Waals surface area contributed by atoms with Crippen LogP contribution in [-0.2, 0) is 9.59 Å². The number of nitrogens with zero attached hydrogens (tertiary/aromatic N) is 1. The smallest absolute Gasteiger partial charge is 0.266 e. The van der Waals surface area contributed by atoms with E-state index in [1.807, 2.05) is 6.92 Å². The minimum absolute atomic E-state index is 0.0891. The summed E-state index contributed by atoms with van der Waals surface area (Å²) in [7, 11) is 0. The number of hydrogen-bond acceptors (Lipinski definition) is 4. The van der Waals surface area contributed by atoms with Crippen LogP contribution in [0.2, 0.25) is 10.0 Å². The van der Waals surface area contributed by atoms with Gasteiger partial charge in [0.05, 0.1) is 10.9 Å². The maximum atomic E-state index is 13.0. The number of thiocarbonyl (C=S) groups is 1. The van der Waals surface area contributed by atoms with Crippen LogP contribution in [0.1, 0.15) is 30.5 Å². The first-order valence-corrected chi connectivity index (χ1v) is 11.0. The normalized spacial score (nSPS) is 16.3. The predicted molar refractivity (Wildman–Crippen MR) is 124 cm³/mol. The second-order valence-corrected chi connectivity index (χ2v) is 9.11. The van der Waals surface area contributed by atoms with Crippen molar-refractivity contribution in [3.05, 3.63) is 74.4 Å². The van der Waals surface area contributed by atoms with E-state index in [0.717, 1.165) is 17.3 Å². The predicted octanol–water partition coefficient (Wildman–Crippen LogP) is 5.60. The lowest BCUT2D eigenvalue weighted by Crippen LogP contribution is -2.34. The van der Waals surface area contributed by atoms with Gasteiger partial charge >= 0.3 is 0 Å². The number of amides is 2. The highest BCUT2D eigenvalue weighted by Gasteiger charge is 2.32. The van der Waals surface area contributed by atoms with Gasteiger partial charge < -0.3 is 5.32 Å². The fraction of sp³-hybridized carbons (Fsp3) is 0.190. The molecule has 3 rings (SSSR count). The summed E-state index contributed by atoms with van der Waals surface area (Å²) in [5.74, 6) is -0.846. The molecule has 1 aliphatic heterocycles. The molecule has 156 valence electrons. The monoisotopic (exact) mass is 482 g/mol. The molecule has 4 nitrogen and oxygen atoms in total. The van der Waals surface area contributed by atoms with E-state index < -0.39 is 0 Å². The van der Waals surface area contributed by atoms with E-state index in [1.165, 1.54) is 17.0 Å². The van der Waals surface area contributed by atoms with Gasteiger partial charge in [0, 0.05) is 23.0 Å². The first kappa shape index (κ1) is 22.7. The van der Waals surface area contributed by atoms with Crippen molar-refractivity contribution in [3.63, 3.8) is 0 Å². The lowest BCUT2D eigenvalue weighted by atomic mass is 10.1. The summed E-state index contributed by atoms with van der Waals surface area (Å²) in [6.07, 6.45) is 1.75. The Labute approximate surface area is 193 Å². The molecule has 1 heterocycles. The van der Waals surface area contributed by atoms with Crippen molar-refractivity contribution in [1.29, 1.82) is 0 Å². The zero-order valence-electron chi connectivity index (χ0n) is 15.8. The van der Waals surface area contributed by atoms with Gasteiger partial charge in [0.15, 0.2) is 0 Å². The van der Waals surface area contributed by atoms with Crippen LogP contribution in [0.4, 0.5) is 4.39 Å². The summed E-state index contributed by atoms with van der Waals surface area (Å²) >= 11 is 18.5. The molecule has 30 heavy (non-hydrogen) atoms. The molecule has 1 N–H and O–H groups in total. The maximum Gasteiger partial charge on any atom is 0.266 e. The third-order valence-electron chi connectivity index (χ3n) is 4.41. The number of carbonyl (C=O) groups is 2. The molecule has 0 aliphatic carbocycles. The number of benzene rings is 2. The van der Waals surface area contributed by atoms with Crippen LogP contribution in [0.5, 0.6) is 0 Å². The van der Waals surface area contributed by atoms with E-state index in [1.54, 1.807) is 36.4 Å². The molecule has 0 aromatic heterocycles. The molecule has 1 atom stereocenters. The fourth-order valence-electron chi connectivity index (χ4n) is 2.86. The fourth-order valence-corrected chi connectivity index (χ4v) is 4.74. The van der Waals surface area contributed by atoms with Crippen molar-refractivity contribution >= 4 is 69.4 Å². The summed E-state index contributed by atoms with van der Waals surface area (Å²) in [5.41, 5.74) is 1.45. The number of carbonyl (C=O) groups excluding carboxylic acids is 2. The van der Waals surface area contributed by atoms with Crippen LogP contribution in [0.3, 0.4) is 0 Å². The van der Waals surface area contributed by atoms with Crippen molar-refractivity contribution in [2.24, 2.45) is 0 Å². The molecule has 1 saturated heterocycles. The summed E-state index contributed by atoms with van der Waals surface area (Å²) in [6.45, 7) is 1.98. The summed E-state index contributed by atoms with van der Waals surface area (Å²) in [4.78, 5) is 26.8. The minimum Gasteiger partial charge on any atom is -0.349 e. The Balaban J connectivity index is 1.58. The molecule has 2 aromatic carbocycles. The van der Waals surface area contributed by atoms with E-state index in [-0.39, 0.29) is 36.6 Å². The van der Waals surface area contributed by atoms with Gasteiger partial charge in [0.2, 0.25) is 5.91 Å². The average Bonchev–Trinajstić information content (AvgIpc) is 2.94. The van der Waals surface area contributed by atoms with Gasteiger partial charge in [-0.05, 0) is 48.4 Å². The van der Waals surface area contributed by atoms with Crippen LogP contribution in [0.25, 0.3) is 6.08 Å². The number of nitrogens with one attached hydrogen (secondary N) is 1. The van der Waals surface area contributed by atoms with Crippen LogP contribution in [-0.4, -0.2) is 27.6 Å². The van der Waals surface area contributed by atoms with Gasteiger partial charge in [-0.1, -0.05) is 65.4 Å². The van der Waals surface area contributed by atoms with Gasteiger partial charge in [0.1, 0.15) is 10.1 Å². The van der Waals surface area contributed by atoms with Crippen LogP contribution in [0.15, 0.2) is 47.4 Å². The molecule has 0 bridgehead atoms. The Hall–Kier alpha value is -1.93. The number of hydrogen-bond donors (Lipinski definition) is 1. The molecule has 1 fully saturated rings. The first-order valence-electron chi connectivity index (χ1n) is 9.00. The summed E-state index contributed by atoms with van der Waals surface area (Å²) < 4.78 is 13.4. The number of thioether (sulfide) groups is 1. The molecule has 2 amide bonds. The lowest BCUT2D eigenvalue weighted by Gasteiger charge is -2.18. The van der Waals surface area contributed by atoms with E-state index in [4.69, 9.17) is 35.4 Å². The third kappa shape index (κ3) is 5.60. The highest BCUT2D eigenvalue weighted by Crippen LogP contribution is 2.32. The SMILES string of the molecule is CC(NC(=O)CCN1C(=O)/C(=C/c2ccc(F)cc2)SC1=S)c1ccc(Cl)cc1Cl. The van der Waals surface area contributed by atoms with Gasteiger partial charge in [-0.2, -0.15) is 0 Å². The molecule has 2 aromatic rings. The highest BCUT2D eigenvalue weighted by atomic mass is 35.5. The zero-order valence-corrected chi connectivity index (χ0v) is 19.0. The average molecular weight is 483 g/mol. The number of halogens is 3. The van der Waals surface area contributed by atoms with Crippen molar-refractivity contribution in [1.82, 2.24) is 10.2 Å². The van der Waals surface area contributed by atoms with E-state index in [9.17, 15) is 14.0 Å². The Morgan fingerprint density at radius 1 is 1.27 bits per heavy atom. The largest absolute Gasteiger partial charge is 0.349 e. The van der Waals surface area contributed by atoms with E-state index >= 15 is 0 Å². The molecule has 0 spiro atoms. The number of rotatable bonds is 6. The Morgan fingerprint density at radius 2 is 1.97 bits per heavy atom. The van der Waals surface area contributed by atoms with E-state index in [2.05, 4.69) is 5.32 Å². The van der Waals surface area contributed by atoms with Crippen LogP contribution < -0.4 is 5.32 Å².